The summed E-state index contributed by atoms with van der Waals surface area (Å²) < 4.78 is 256. The van der Waals surface area contributed by atoms with E-state index in [9.17, 15) is 83.1 Å². The molecule has 244 valence electrons. The third-order valence-electron chi connectivity index (χ3n) is 4.21. The zero-order valence-corrected chi connectivity index (χ0v) is 20.4. The number of phosphoric acid groups is 1. The Kier molecular flexibility index (Phi) is 12.1. The Bertz CT molecular complexity index is 1000. The summed E-state index contributed by atoms with van der Waals surface area (Å²) in [6.45, 7) is -2.64. The second-order valence-corrected chi connectivity index (χ2v) is 10.2. The highest BCUT2D eigenvalue weighted by atomic mass is 32.2. The van der Waals surface area contributed by atoms with Crippen molar-refractivity contribution in [2.75, 3.05) is 19.6 Å². The lowest BCUT2D eigenvalue weighted by Gasteiger charge is -2.43. The Hall–Kier alpha value is -1.21. The molecule has 0 fully saturated rings. The molecule has 40 heavy (non-hydrogen) atoms. The third kappa shape index (κ3) is 6.88. The van der Waals surface area contributed by atoms with Gasteiger partial charge in [0.15, 0.2) is 0 Å². The molecule has 0 aliphatic heterocycles. The molecule has 0 heterocycles. The van der Waals surface area contributed by atoms with Crippen LogP contribution in [0.4, 0.5) is 74.6 Å². The standard InChI is InChI=1S/C13H13F17N2O2S.H3O4P/c1-2-4-32(5-3-31)35(33,34)13(29,30)11(24,25)9(20,21)7(16,17)6(14,15)8(18,19)10(22,23)12(26,27)28;1-5(2,3)4/h2-5,31H2,1H3;(H3,1,2,3,4). The van der Waals surface area contributed by atoms with E-state index in [1.54, 1.807) is 0 Å². The fraction of sp³-hybridized carbons (Fsp3) is 1.00. The Morgan fingerprint density at radius 2 is 0.900 bits per heavy atom. The van der Waals surface area contributed by atoms with Gasteiger partial charge in [-0.25, -0.2) is 13.0 Å². The molecule has 0 radical (unpaired) electrons. The second-order valence-electron chi connectivity index (χ2n) is 7.17. The van der Waals surface area contributed by atoms with Crippen molar-refractivity contribution in [1.29, 1.82) is 0 Å². The SMILES string of the molecule is CCCN(CCN)S(=O)(=O)C(F)(F)C(F)(F)C(F)(F)C(F)(F)C(F)(F)C(F)(F)C(F)(F)C(F)(F)F.O=P(O)(O)O. The average Bonchev–Trinajstić information content (AvgIpc) is 2.70. The van der Waals surface area contributed by atoms with E-state index < -0.39 is 95.2 Å². The van der Waals surface area contributed by atoms with Crippen LogP contribution in [-0.2, 0) is 14.6 Å². The van der Waals surface area contributed by atoms with Crippen molar-refractivity contribution >= 4 is 17.8 Å². The molecular weight excluding hydrogens is 666 g/mol. The van der Waals surface area contributed by atoms with Crippen LogP contribution in [0.5, 0.6) is 0 Å². The van der Waals surface area contributed by atoms with Crippen LogP contribution < -0.4 is 5.73 Å². The van der Waals surface area contributed by atoms with Crippen molar-refractivity contribution in [1.82, 2.24) is 4.31 Å². The summed E-state index contributed by atoms with van der Waals surface area (Å²) in [7, 11) is -11.9. The van der Waals surface area contributed by atoms with E-state index in [1.807, 2.05) is 0 Å². The first-order valence-electron chi connectivity index (χ1n) is 9.21. The van der Waals surface area contributed by atoms with Gasteiger partial charge in [0.1, 0.15) is 0 Å². The molecule has 8 nitrogen and oxygen atoms in total. The Labute approximate surface area is 211 Å². The van der Waals surface area contributed by atoms with Gasteiger partial charge in [-0.2, -0.15) is 78.9 Å². The first-order valence-corrected chi connectivity index (χ1v) is 12.2. The van der Waals surface area contributed by atoms with E-state index >= 15 is 0 Å². The first-order chi connectivity index (χ1) is 17.0. The maximum atomic E-state index is 14.0. The maximum Gasteiger partial charge on any atom is 0.466 e. The minimum Gasteiger partial charge on any atom is -0.329 e. The van der Waals surface area contributed by atoms with E-state index in [0.29, 0.717) is 0 Å². The van der Waals surface area contributed by atoms with E-state index in [1.165, 1.54) is 0 Å². The van der Waals surface area contributed by atoms with Gasteiger partial charge in [-0.1, -0.05) is 6.92 Å². The normalized spacial score (nSPS) is 15.7. The number of hydrogen-bond acceptors (Lipinski definition) is 4. The molecule has 0 aromatic heterocycles. The minimum absolute atomic E-state index is 0.551. The average molecular weight is 682 g/mol. The third-order valence-corrected chi connectivity index (χ3v) is 6.16. The van der Waals surface area contributed by atoms with Crippen molar-refractivity contribution in [2.24, 2.45) is 5.73 Å². The predicted octanol–water partition coefficient (Wildman–Crippen LogP) is 4.03. The summed E-state index contributed by atoms with van der Waals surface area (Å²) >= 11 is 0. The van der Waals surface area contributed by atoms with Crippen molar-refractivity contribution in [2.45, 2.75) is 60.3 Å². The molecule has 0 aromatic rings. The molecule has 0 bridgehead atoms. The van der Waals surface area contributed by atoms with Gasteiger partial charge in [0.2, 0.25) is 0 Å². The Balaban J connectivity index is 0. The highest BCUT2D eigenvalue weighted by Gasteiger charge is 2.96. The number of hydrogen-bond donors (Lipinski definition) is 4. The van der Waals surface area contributed by atoms with Gasteiger partial charge in [0.05, 0.1) is 0 Å². The van der Waals surface area contributed by atoms with Crippen LogP contribution >= 0.6 is 7.82 Å². The van der Waals surface area contributed by atoms with Gasteiger partial charge in [-0.15, -0.1) is 0 Å². The van der Waals surface area contributed by atoms with Crippen LogP contribution in [0.2, 0.25) is 0 Å². The molecule has 0 unspecified atom stereocenters. The molecule has 0 aliphatic carbocycles. The lowest BCUT2D eigenvalue weighted by molar-refractivity contribution is -0.458. The van der Waals surface area contributed by atoms with Gasteiger partial charge in [-0.05, 0) is 6.42 Å². The molecule has 0 saturated heterocycles. The summed E-state index contributed by atoms with van der Waals surface area (Å²) in [5, 5.41) is -7.55. The second kappa shape index (κ2) is 11.8. The minimum atomic E-state index is -8.84. The van der Waals surface area contributed by atoms with Crippen LogP contribution in [0.15, 0.2) is 0 Å². The van der Waals surface area contributed by atoms with Gasteiger partial charge in [0, 0.05) is 19.6 Å². The quantitative estimate of drug-likeness (QED) is 0.180. The maximum absolute atomic E-state index is 14.0. The summed E-state index contributed by atoms with van der Waals surface area (Å²) in [6, 6.07) is 0. The fourth-order valence-corrected chi connectivity index (χ4v) is 3.76. The molecule has 5 N–H and O–H groups in total. The monoisotopic (exact) mass is 682 g/mol. The van der Waals surface area contributed by atoms with Crippen LogP contribution in [0.3, 0.4) is 0 Å². The van der Waals surface area contributed by atoms with Crippen LogP contribution in [0.25, 0.3) is 0 Å². The van der Waals surface area contributed by atoms with Crippen molar-refractivity contribution in [3.05, 3.63) is 0 Å². The molecule has 0 atom stereocenters. The van der Waals surface area contributed by atoms with E-state index in [2.05, 4.69) is 0 Å². The van der Waals surface area contributed by atoms with Crippen molar-refractivity contribution in [3.63, 3.8) is 0 Å². The zero-order valence-electron chi connectivity index (χ0n) is 18.7. The van der Waals surface area contributed by atoms with Crippen LogP contribution in [0, 0.1) is 0 Å². The van der Waals surface area contributed by atoms with Crippen molar-refractivity contribution < 1.29 is 102 Å². The summed E-state index contributed by atoms with van der Waals surface area (Å²) in [6.07, 6.45) is -8.42. The van der Waals surface area contributed by atoms with Gasteiger partial charge < -0.3 is 20.4 Å². The van der Waals surface area contributed by atoms with E-state index in [4.69, 9.17) is 25.0 Å². The number of alkyl halides is 17. The summed E-state index contributed by atoms with van der Waals surface area (Å²) in [5.74, 6) is -51.6. The van der Waals surface area contributed by atoms with Gasteiger partial charge >= 0.3 is 54.8 Å². The number of nitrogens with two attached hydrogens (primary N) is 1. The highest BCUT2D eigenvalue weighted by Crippen LogP contribution is 2.64. The molecule has 0 aromatic carbocycles. The van der Waals surface area contributed by atoms with E-state index in [-0.39, 0.29) is 0 Å². The predicted molar refractivity (Wildman–Crippen MR) is 94.8 cm³/mol. The summed E-state index contributed by atoms with van der Waals surface area (Å²) in [4.78, 5) is 21.6. The molecular formula is C13H16F17N2O6PS. The Morgan fingerprint density at radius 1 is 0.625 bits per heavy atom. The smallest absolute Gasteiger partial charge is 0.329 e. The number of halogens is 17. The molecule has 27 heteroatoms. The fourth-order valence-electron chi connectivity index (χ4n) is 2.22. The molecule has 0 spiro atoms. The number of rotatable bonds is 12. The topological polar surface area (TPSA) is 141 Å². The van der Waals surface area contributed by atoms with Crippen LogP contribution in [0.1, 0.15) is 13.3 Å². The molecule has 0 aliphatic rings. The number of nitrogens with zero attached hydrogens (tertiary/aromatic N) is 1. The lowest BCUT2D eigenvalue weighted by atomic mass is 9.91. The lowest BCUT2D eigenvalue weighted by Crippen LogP contribution is -2.75. The van der Waals surface area contributed by atoms with Gasteiger partial charge in [0.25, 0.3) is 10.0 Å². The molecule has 0 saturated carbocycles. The zero-order chi connectivity index (χ0) is 33.4. The Morgan fingerprint density at radius 3 is 1.15 bits per heavy atom. The highest BCUT2D eigenvalue weighted by molar-refractivity contribution is 7.90. The van der Waals surface area contributed by atoms with Gasteiger partial charge in [-0.3, -0.25) is 0 Å². The molecule has 0 rings (SSSR count). The number of sulfonamides is 1. The molecule has 0 amide bonds. The van der Waals surface area contributed by atoms with E-state index in [0.717, 1.165) is 6.92 Å². The van der Waals surface area contributed by atoms with Crippen molar-refractivity contribution in [3.8, 4) is 0 Å². The van der Waals surface area contributed by atoms with Crippen LogP contribution in [-0.4, -0.2) is 94.0 Å². The summed E-state index contributed by atoms with van der Waals surface area (Å²) in [5.41, 5.74) is 4.79. The first kappa shape index (κ1) is 40.9. The largest absolute Gasteiger partial charge is 0.466 e.